The number of halogens is 1. The molecule has 0 bridgehead atoms. The van der Waals surface area contributed by atoms with Crippen LogP contribution in [0.25, 0.3) is 10.9 Å². The third kappa shape index (κ3) is 5.12. The monoisotopic (exact) mass is 508 g/mol. The normalized spacial score (nSPS) is 21.4. The molecular weight excluding hydrogens is 475 g/mol. The molecular formula is C28H33FN4O4. The first-order valence-corrected chi connectivity index (χ1v) is 12.8. The van der Waals surface area contributed by atoms with Crippen LogP contribution in [-0.4, -0.2) is 60.3 Å². The van der Waals surface area contributed by atoms with Crippen molar-refractivity contribution in [3.05, 3.63) is 53.5 Å². The van der Waals surface area contributed by atoms with E-state index in [0.29, 0.717) is 31.4 Å². The van der Waals surface area contributed by atoms with E-state index in [2.05, 4.69) is 15.5 Å². The first kappa shape index (κ1) is 25.0. The van der Waals surface area contributed by atoms with E-state index in [1.807, 2.05) is 23.1 Å². The lowest BCUT2D eigenvalue weighted by Crippen LogP contribution is -2.42. The van der Waals surface area contributed by atoms with Crippen molar-refractivity contribution in [1.82, 2.24) is 20.4 Å². The molecule has 196 valence electrons. The summed E-state index contributed by atoms with van der Waals surface area (Å²) >= 11 is 0. The summed E-state index contributed by atoms with van der Waals surface area (Å²) in [5.74, 6) is 0.813. The molecule has 5 rings (SSSR count). The van der Waals surface area contributed by atoms with Crippen molar-refractivity contribution in [1.29, 1.82) is 0 Å². The van der Waals surface area contributed by atoms with Gasteiger partial charge in [-0.2, -0.15) is 5.10 Å². The summed E-state index contributed by atoms with van der Waals surface area (Å²) in [5.41, 5.74) is 1.71. The highest BCUT2D eigenvalue weighted by Crippen LogP contribution is 2.44. The van der Waals surface area contributed by atoms with Crippen LogP contribution in [0.15, 0.2) is 36.4 Å². The highest BCUT2D eigenvalue weighted by molar-refractivity contribution is 6.05. The summed E-state index contributed by atoms with van der Waals surface area (Å²) in [4.78, 5) is 27.7. The van der Waals surface area contributed by atoms with Crippen LogP contribution in [0.2, 0.25) is 0 Å². The van der Waals surface area contributed by atoms with Crippen molar-refractivity contribution >= 4 is 22.7 Å². The Morgan fingerprint density at radius 3 is 2.73 bits per heavy atom. The predicted molar refractivity (Wildman–Crippen MR) is 137 cm³/mol. The number of hydrogen-bond acceptors (Lipinski definition) is 5. The van der Waals surface area contributed by atoms with Crippen molar-refractivity contribution in [2.24, 2.45) is 5.41 Å². The van der Waals surface area contributed by atoms with E-state index in [4.69, 9.17) is 9.47 Å². The van der Waals surface area contributed by atoms with E-state index >= 15 is 0 Å². The number of H-pyrrole nitrogens is 1. The summed E-state index contributed by atoms with van der Waals surface area (Å²) in [6.07, 6.45) is 5.57. The van der Waals surface area contributed by atoms with Crippen LogP contribution in [0.1, 0.15) is 54.6 Å². The first-order chi connectivity index (χ1) is 17.9. The SMILES string of the molecule is COc1ccc(CCC(=O)NC2CCC3(CC2)CCN(C(=O)c2n[nH]c4cccc(F)c24)C3)c(OC)c1. The van der Waals surface area contributed by atoms with Gasteiger partial charge in [-0.25, -0.2) is 4.39 Å². The number of aromatic amines is 1. The van der Waals surface area contributed by atoms with Gasteiger partial charge in [0, 0.05) is 31.6 Å². The van der Waals surface area contributed by atoms with Gasteiger partial charge in [0.05, 0.1) is 25.1 Å². The number of methoxy groups -OCH3 is 2. The van der Waals surface area contributed by atoms with Gasteiger partial charge in [-0.15, -0.1) is 0 Å². The zero-order chi connectivity index (χ0) is 26.0. The zero-order valence-electron chi connectivity index (χ0n) is 21.3. The molecule has 1 aromatic heterocycles. The Morgan fingerprint density at radius 1 is 1.16 bits per heavy atom. The second-order valence-corrected chi connectivity index (χ2v) is 10.2. The van der Waals surface area contributed by atoms with Crippen molar-refractivity contribution in [2.75, 3.05) is 27.3 Å². The van der Waals surface area contributed by atoms with E-state index in [0.717, 1.165) is 49.2 Å². The molecule has 2 amide bonds. The van der Waals surface area contributed by atoms with Gasteiger partial charge >= 0.3 is 0 Å². The molecule has 2 aliphatic rings. The Morgan fingerprint density at radius 2 is 1.97 bits per heavy atom. The Hall–Kier alpha value is -3.62. The minimum absolute atomic E-state index is 0.0366. The molecule has 0 unspecified atom stereocenters. The largest absolute Gasteiger partial charge is 0.497 e. The number of nitrogens with one attached hydrogen (secondary N) is 2. The van der Waals surface area contributed by atoms with E-state index < -0.39 is 5.82 Å². The molecule has 0 atom stereocenters. The van der Waals surface area contributed by atoms with Gasteiger partial charge in [0.1, 0.15) is 17.3 Å². The number of aryl methyl sites for hydroxylation is 1. The number of likely N-dealkylation sites (tertiary alicyclic amines) is 1. The molecule has 3 aromatic rings. The molecule has 2 fully saturated rings. The third-order valence-electron chi connectivity index (χ3n) is 7.99. The highest BCUT2D eigenvalue weighted by Gasteiger charge is 2.43. The summed E-state index contributed by atoms with van der Waals surface area (Å²) < 4.78 is 25.0. The third-order valence-corrected chi connectivity index (χ3v) is 7.99. The Balaban J connectivity index is 1.12. The Labute approximate surface area is 215 Å². The van der Waals surface area contributed by atoms with Crippen LogP contribution < -0.4 is 14.8 Å². The lowest BCUT2D eigenvalue weighted by atomic mass is 9.72. The molecule has 2 N–H and O–H groups in total. The van der Waals surface area contributed by atoms with Crippen LogP contribution in [0, 0.1) is 11.2 Å². The van der Waals surface area contributed by atoms with Gasteiger partial charge in [0.25, 0.3) is 5.91 Å². The molecule has 1 aliphatic carbocycles. The molecule has 1 saturated heterocycles. The molecule has 1 aliphatic heterocycles. The van der Waals surface area contributed by atoms with E-state index in [-0.39, 0.29) is 34.4 Å². The fraction of sp³-hybridized carbons (Fsp3) is 0.464. The number of aromatic nitrogens is 2. The molecule has 1 spiro atoms. The van der Waals surface area contributed by atoms with Crippen LogP contribution in [0.4, 0.5) is 4.39 Å². The smallest absolute Gasteiger partial charge is 0.275 e. The van der Waals surface area contributed by atoms with Crippen molar-refractivity contribution in [3.8, 4) is 11.5 Å². The second kappa shape index (κ2) is 10.4. The molecule has 9 heteroatoms. The van der Waals surface area contributed by atoms with E-state index in [1.165, 1.54) is 6.07 Å². The van der Waals surface area contributed by atoms with Crippen molar-refractivity contribution in [2.45, 2.75) is 51.0 Å². The van der Waals surface area contributed by atoms with Crippen molar-refractivity contribution < 1.29 is 23.5 Å². The summed E-state index contributed by atoms with van der Waals surface area (Å²) in [5, 5.41) is 10.3. The van der Waals surface area contributed by atoms with Crippen LogP contribution in [0.3, 0.4) is 0 Å². The van der Waals surface area contributed by atoms with Crippen molar-refractivity contribution in [3.63, 3.8) is 0 Å². The zero-order valence-corrected chi connectivity index (χ0v) is 21.3. The highest BCUT2D eigenvalue weighted by atomic mass is 19.1. The lowest BCUT2D eigenvalue weighted by Gasteiger charge is -2.37. The van der Waals surface area contributed by atoms with Gasteiger partial charge < -0.3 is 19.7 Å². The molecule has 2 heterocycles. The Kier molecular flexibility index (Phi) is 7.04. The van der Waals surface area contributed by atoms with Gasteiger partial charge in [-0.3, -0.25) is 14.7 Å². The molecule has 1 saturated carbocycles. The predicted octanol–water partition coefficient (Wildman–Crippen LogP) is 4.24. The fourth-order valence-corrected chi connectivity index (χ4v) is 5.83. The quantitative estimate of drug-likeness (QED) is 0.498. The Bertz CT molecular complexity index is 1300. The van der Waals surface area contributed by atoms with Crippen LogP contribution >= 0.6 is 0 Å². The number of benzene rings is 2. The number of nitrogens with zero attached hydrogens (tertiary/aromatic N) is 2. The van der Waals surface area contributed by atoms with Crippen LogP contribution in [0.5, 0.6) is 11.5 Å². The molecule has 0 radical (unpaired) electrons. The first-order valence-electron chi connectivity index (χ1n) is 12.8. The number of carbonyl (C=O) groups excluding carboxylic acids is 2. The second-order valence-electron chi connectivity index (χ2n) is 10.2. The maximum absolute atomic E-state index is 14.4. The minimum atomic E-state index is -0.440. The standard InChI is InChI=1S/C28H33FN4O4/c1-36-20-8-6-18(23(16-20)37-2)7-9-24(34)30-19-10-12-28(13-11-19)14-15-33(17-28)27(35)26-25-21(29)4-3-5-22(25)31-32-26/h3-6,8,16,19H,7,9-15,17H2,1-2H3,(H,30,34)(H,31,32). The average molecular weight is 509 g/mol. The molecule has 2 aromatic carbocycles. The van der Waals surface area contributed by atoms with Gasteiger partial charge in [-0.1, -0.05) is 12.1 Å². The maximum atomic E-state index is 14.4. The lowest BCUT2D eigenvalue weighted by molar-refractivity contribution is -0.122. The number of hydrogen-bond donors (Lipinski definition) is 2. The van der Waals surface area contributed by atoms with E-state index in [1.54, 1.807) is 26.4 Å². The van der Waals surface area contributed by atoms with Crippen LogP contribution in [-0.2, 0) is 11.2 Å². The average Bonchev–Trinajstić information content (AvgIpc) is 3.54. The maximum Gasteiger partial charge on any atom is 0.275 e. The van der Waals surface area contributed by atoms with Gasteiger partial charge in [-0.05, 0) is 67.7 Å². The summed E-state index contributed by atoms with van der Waals surface area (Å²) in [6.45, 7) is 1.29. The molecule has 8 nitrogen and oxygen atoms in total. The number of fused-ring (bicyclic) bond motifs is 1. The van der Waals surface area contributed by atoms with Gasteiger partial charge in [0.15, 0.2) is 5.69 Å². The van der Waals surface area contributed by atoms with Gasteiger partial charge in [0.2, 0.25) is 5.91 Å². The summed E-state index contributed by atoms with van der Waals surface area (Å²) in [6, 6.07) is 10.4. The van der Waals surface area contributed by atoms with E-state index in [9.17, 15) is 14.0 Å². The summed E-state index contributed by atoms with van der Waals surface area (Å²) in [7, 11) is 3.22. The topological polar surface area (TPSA) is 96.5 Å². The number of carbonyl (C=O) groups is 2. The fourth-order valence-electron chi connectivity index (χ4n) is 5.83. The minimum Gasteiger partial charge on any atom is -0.497 e. The number of rotatable bonds is 7. The number of amides is 2. The molecule has 37 heavy (non-hydrogen) atoms. The number of ether oxygens (including phenoxy) is 2.